The molecular formula is C25H37ClN4O2. The summed E-state index contributed by atoms with van der Waals surface area (Å²) in [6, 6.07) is 9.26. The highest BCUT2D eigenvalue weighted by atomic mass is 35.5. The Morgan fingerprint density at radius 2 is 1.88 bits per heavy atom. The van der Waals surface area contributed by atoms with E-state index in [4.69, 9.17) is 16.7 Å². The number of carbonyl (C=O) groups is 2. The molecule has 0 fully saturated rings. The van der Waals surface area contributed by atoms with Crippen molar-refractivity contribution in [2.24, 2.45) is 5.92 Å². The molecule has 1 aromatic heterocycles. The van der Waals surface area contributed by atoms with E-state index in [0.29, 0.717) is 29.5 Å². The number of aromatic nitrogens is 2. The van der Waals surface area contributed by atoms with Crippen molar-refractivity contribution in [2.45, 2.75) is 72.6 Å². The fourth-order valence-electron chi connectivity index (χ4n) is 3.38. The van der Waals surface area contributed by atoms with Crippen LogP contribution in [0.15, 0.2) is 30.3 Å². The van der Waals surface area contributed by atoms with Crippen molar-refractivity contribution < 1.29 is 9.59 Å². The number of benzene rings is 1. The molecule has 0 aliphatic rings. The fraction of sp³-hybridized carbons (Fsp3) is 0.560. The maximum atomic E-state index is 13.0. The molecule has 0 unspecified atom stereocenters. The summed E-state index contributed by atoms with van der Waals surface area (Å²) >= 11 is 6.41. The van der Waals surface area contributed by atoms with Crippen LogP contribution in [-0.2, 0) is 15.0 Å². The number of hydrogen-bond donors (Lipinski definition) is 1. The van der Waals surface area contributed by atoms with E-state index in [-0.39, 0.29) is 29.7 Å². The monoisotopic (exact) mass is 460 g/mol. The van der Waals surface area contributed by atoms with Crippen molar-refractivity contribution in [1.29, 1.82) is 0 Å². The predicted molar refractivity (Wildman–Crippen MR) is 131 cm³/mol. The standard InChI is InChI=1S/C25H37ClN4O2/c1-7-8-9-14-24(32)29(16-18(2)3)17-23(31)27-22-15-21(25(4,5)6)28-30(22)20-13-11-10-12-19(20)26/h10-13,15,18H,7-9,14,16-17H2,1-6H3,(H,27,31). The maximum Gasteiger partial charge on any atom is 0.245 e. The predicted octanol–water partition coefficient (Wildman–Crippen LogP) is 5.83. The molecule has 1 heterocycles. The summed E-state index contributed by atoms with van der Waals surface area (Å²) in [5.74, 6) is 0.593. The van der Waals surface area contributed by atoms with E-state index in [1.165, 1.54) is 0 Å². The summed E-state index contributed by atoms with van der Waals surface area (Å²) in [4.78, 5) is 27.4. The first kappa shape index (κ1) is 25.9. The Bertz CT molecular complexity index is 915. The number of para-hydroxylation sites is 1. The van der Waals surface area contributed by atoms with Gasteiger partial charge in [0.2, 0.25) is 11.8 Å². The van der Waals surface area contributed by atoms with Crippen LogP contribution in [0, 0.1) is 5.92 Å². The van der Waals surface area contributed by atoms with Crippen molar-refractivity contribution in [3.8, 4) is 5.69 Å². The number of carbonyl (C=O) groups excluding carboxylic acids is 2. The lowest BCUT2D eigenvalue weighted by Crippen LogP contribution is -2.40. The number of halogens is 1. The van der Waals surface area contributed by atoms with Gasteiger partial charge in [0.15, 0.2) is 0 Å². The van der Waals surface area contributed by atoms with Gasteiger partial charge in [-0.25, -0.2) is 4.68 Å². The molecule has 0 atom stereocenters. The van der Waals surface area contributed by atoms with Gasteiger partial charge in [-0.3, -0.25) is 9.59 Å². The molecule has 0 bridgehead atoms. The average Bonchev–Trinajstić information content (AvgIpc) is 3.11. The smallest absolute Gasteiger partial charge is 0.245 e. The van der Waals surface area contributed by atoms with Gasteiger partial charge in [-0.2, -0.15) is 5.10 Å². The van der Waals surface area contributed by atoms with Crippen LogP contribution < -0.4 is 5.32 Å². The normalized spacial score (nSPS) is 11.6. The molecule has 1 aromatic carbocycles. The zero-order chi connectivity index (χ0) is 23.9. The molecule has 2 amide bonds. The van der Waals surface area contributed by atoms with Crippen LogP contribution in [-0.4, -0.2) is 39.6 Å². The number of nitrogens with one attached hydrogen (secondary N) is 1. The molecule has 32 heavy (non-hydrogen) atoms. The molecule has 7 heteroatoms. The van der Waals surface area contributed by atoms with E-state index in [0.717, 1.165) is 25.0 Å². The van der Waals surface area contributed by atoms with Crippen LogP contribution in [0.5, 0.6) is 0 Å². The molecule has 0 saturated carbocycles. The Morgan fingerprint density at radius 3 is 2.47 bits per heavy atom. The number of unbranched alkanes of at least 4 members (excludes halogenated alkanes) is 2. The van der Waals surface area contributed by atoms with Gasteiger partial charge in [0.05, 0.1) is 22.9 Å². The van der Waals surface area contributed by atoms with Crippen molar-refractivity contribution in [3.63, 3.8) is 0 Å². The molecular weight excluding hydrogens is 424 g/mol. The molecule has 0 spiro atoms. The Hall–Kier alpha value is -2.34. The Kier molecular flexibility index (Phi) is 9.32. The van der Waals surface area contributed by atoms with Crippen LogP contribution in [0.25, 0.3) is 5.69 Å². The van der Waals surface area contributed by atoms with Gasteiger partial charge < -0.3 is 10.2 Å². The van der Waals surface area contributed by atoms with Gasteiger partial charge in [-0.05, 0) is 24.5 Å². The van der Waals surface area contributed by atoms with Crippen molar-refractivity contribution in [3.05, 3.63) is 41.0 Å². The number of hydrogen-bond acceptors (Lipinski definition) is 3. The van der Waals surface area contributed by atoms with Gasteiger partial charge in [0.25, 0.3) is 0 Å². The second-order valence-electron chi connectivity index (χ2n) is 9.70. The van der Waals surface area contributed by atoms with Gasteiger partial charge in [0.1, 0.15) is 5.82 Å². The second kappa shape index (κ2) is 11.5. The topological polar surface area (TPSA) is 67.2 Å². The third-order valence-corrected chi connectivity index (χ3v) is 5.41. The summed E-state index contributed by atoms with van der Waals surface area (Å²) < 4.78 is 1.66. The third kappa shape index (κ3) is 7.37. The van der Waals surface area contributed by atoms with Crippen LogP contribution in [0.4, 0.5) is 5.82 Å². The van der Waals surface area contributed by atoms with Gasteiger partial charge in [-0.15, -0.1) is 0 Å². The minimum absolute atomic E-state index is 0.0156. The molecule has 2 aromatic rings. The lowest BCUT2D eigenvalue weighted by atomic mass is 9.92. The Morgan fingerprint density at radius 1 is 1.19 bits per heavy atom. The van der Waals surface area contributed by atoms with Gasteiger partial charge >= 0.3 is 0 Å². The van der Waals surface area contributed by atoms with Crippen LogP contribution in [0.3, 0.4) is 0 Å². The fourth-order valence-corrected chi connectivity index (χ4v) is 3.59. The van der Waals surface area contributed by atoms with E-state index >= 15 is 0 Å². The molecule has 0 aliphatic carbocycles. The van der Waals surface area contributed by atoms with E-state index < -0.39 is 0 Å². The minimum Gasteiger partial charge on any atom is -0.333 e. The number of anilines is 1. The molecule has 176 valence electrons. The molecule has 0 aliphatic heterocycles. The number of rotatable bonds is 10. The minimum atomic E-state index is -0.247. The maximum absolute atomic E-state index is 13.0. The highest BCUT2D eigenvalue weighted by Crippen LogP contribution is 2.29. The quantitative estimate of drug-likeness (QED) is 0.454. The van der Waals surface area contributed by atoms with E-state index in [9.17, 15) is 9.59 Å². The summed E-state index contributed by atoms with van der Waals surface area (Å²) in [7, 11) is 0. The van der Waals surface area contributed by atoms with E-state index in [1.54, 1.807) is 15.6 Å². The zero-order valence-corrected chi connectivity index (χ0v) is 21.0. The molecule has 1 N–H and O–H groups in total. The number of amides is 2. The Labute approximate surface area is 197 Å². The largest absolute Gasteiger partial charge is 0.333 e. The van der Waals surface area contributed by atoms with Crippen molar-refractivity contribution >= 4 is 29.2 Å². The first-order chi connectivity index (χ1) is 15.0. The molecule has 0 radical (unpaired) electrons. The van der Waals surface area contributed by atoms with Gasteiger partial charge in [0, 0.05) is 24.4 Å². The SMILES string of the molecule is CCCCCC(=O)N(CC(=O)Nc1cc(C(C)(C)C)nn1-c1ccccc1Cl)CC(C)C. The molecule has 2 rings (SSSR count). The Balaban J connectivity index is 2.25. The molecule has 6 nitrogen and oxygen atoms in total. The van der Waals surface area contributed by atoms with Gasteiger partial charge in [-0.1, -0.05) is 78.1 Å². The van der Waals surface area contributed by atoms with Crippen LogP contribution >= 0.6 is 11.6 Å². The molecule has 0 saturated heterocycles. The summed E-state index contributed by atoms with van der Waals surface area (Å²) in [6.45, 7) is 13.0. The van der Waals surface area contributed by atoms with E-state index in [1.807, 2.05) is 38.1 Å². The first-order valence-corrected chi connectivity index (χ1v) is 11.8. The average molecular weight is 461 g/mol. The van der Waals surface area contributed by atoms with Crippen molar-refractivity contribution in [2.75, 3.05) is 18.4 Å². The second-order valence-corrected chi connectivity index (χ2v) is 10.1. The zero-order valence-electron chi connectivity index (χ0n) is 20.2. The summed E-state index contributed by atoms with van der Waals surface area (Å²) in [5.41, 5.74) is 1.32. The summed E-state index contributed by atoms with van der Waals surface area (Å²) in [6.07, 6.45) is 3.39. The lowest BCUT2D eigenvalue weighted by molar-refractivity contribution is -0.135. The first-order valence-electron chi connectivity index (χ1n) is 11.5. The number of nitrogens with zero attached hydrogens (tertiary/aromatic N) is 3. The van der Waals surface area contributed by atoms with E-state index in [2.05, 4.69) is 33.0 Å². The van der Waals surface area contributed by atoms with Crippen LogP contribution in [0.2, 0.25) is 5.02 Å². The highest BCUT2D eigenvalue weighted by Gasteiger charge is 2.24. The summed E-state index contributed by atoms with van der Waals surface area (Å²) in [5, 5.41) is 8.22. The highest BCUT2D eigenvalue weighted by molar-refractivity contribution is 6.32. The van der Waals surface area contributed by atoms with Crippen LogP contribution in [0.1, 0.15) is 72.9 Å². The van der Waals surface area contributed by atoms with Crippen molar-refractivity contribution in [1.82, 2.24) is 14.7 Å². The lowest BCUT2D eigenvalue weighted by Gasteiger charge is -2.24. The third-order valence-electron chi connectivity index (χ3n) is 5.09.